The van der Waals surface area contributed by atoms with Crippen LogP contribution in [0.25, 0.3) is 0 Å². The van der Waals surface area contributed by atoms with Crippen LogP contribution in [0.15, 0.2) is 0 Å². The number of likely N-dealkylation sites (tertiary alicyclic amines) is 2. The number of hydrogen-bond donors (Lipinski definition) is 0. The molecule has 0 spiro atoms. The smallest absolute Gasteiger partial charge is 0.165 e. The van der Waals surface area contributed by atoms with Crippen molar-refractivity contribution in [1.82, 2.24) is 30.0 Å². The van der Waals surface area contributed by atoms with Gasteiger partial charge in [-0.15, -0.1) is 5.10 Å². The zero-order chi connectivity index (χ0) is 14.5. The molecule has 2 aliphatic heterocycles. The zero-order valence-electron chi connectivity index (χ0n) is 13.2. The van der Waals surface area contributed by atoms with E-state index in [0.717, 1.165) is 31.4 Å². The Bertz CT molecular complexity index is 426. The lowest BCUT2D eigenvalue weighted by Crippen LogP contribution is -2.34. The van der Waals surface area contributed by atoms with Gasteiger partial charge in [0.05, 0.1) is 6.54 Å². The second kappa shape index (κ2) is 7.31. The van der Waals surface area contributed by atoms with Crippen LogP contribution in [0.5, 0.6) is 0 Å². The molecule has 2 fully saturated rings. The Morgan fingerprint density at radius 1 is 1.05 bits per heavy atom. The highest BCUT2D eigenvalue weighted by atomic mass is 15.5. The van der Waals surface area contributed by atoms with Crippen LogP contribution in [0.4, 0.5) is 0 Å². The van der Waals surface area contributed by atoms with E-state index < -0.39 is 0 Å². The molecule has 1 aromatic heterocycles. The summed E-state index contributed by atoms with van der Waals surface area (Å²) in [4.78, 5) is 5.25. The largest absolute Gasteiger partial charge is 0.300 e. The van der Waals surface area contributed by atoms with Crippen LogP contribution in [0.2, 0.25) is 0 Å². The second-order valence-electron chi connectivity index (χ2n) is 6.42. The van der Waals surface area contributed by atoms with E-state index in [1.54, 1.807) is 0 Å². The minimum Gasteiger partial charge on any atom is -0.300 e. The highest BCUT2D eigenvalue weighted by molar-refractivity contribution is 4.85. The first kappa shape index (κ1) is 14.9. The quantitative estimate of drug-likeness (QED) is 0.824. The van der Waals surface area contributed by atoms with Crippen molar-refractivity contribution in [3.8, 4) is 0 Å². The van der Waals surface area contributed by atoms with E-state index in [2.05, 4.69) is 32.2 Å². The summed E-state index contributed by atoms with van der Waals surface area (Å²) in [6.45, 7) is 8.99. The van der Waals surface area contributed by atoms with Gasteiger partial charge in [0, 0.05) is 19.1 Å². The summed E-state index contributed by atoms with van der Waals surface area (Å²) < 4.78 is 1.96. The lowest BCUT2D eigenvalue weighted by Gasteiger charge is -2.26. The first-order valence-electron chi connectivity index (χ1n) is 8.58. The third-order valence-electron chi connectivity index (χ3n) is 4.85. The van der Waals surface area contributed by atoms with Crippen LogP contribution in [-0.4, -0.2) is 62.2 Å². The molecule has 0 radical (unpaired) electrons. The predicted octanol–water partition coefficient (Wildman–Crippen LogP) is 1.53. The fraction of sp³-hybridized carbons (Fsp3) is 0.933. The average Bonchev–Trinajstić information content (AvgIpc) is 3.10. The normalized spacial score (nSPS) is 25.3. The Morgan fingerprint density at radius 3 is 2.71 bits per heavy atom. The van der Waals surface area contributed by atoms with Crippen LogP contribution in [0, 0.1) is 0 Å². The number of hydrogen-bond acceptors (Lipinski definition) is 5. The summed E-state index contributed by atoms with van der Waals surface area (Å²) in [5.74, 6) is 1.02. The van der Waals surface area contributed by atoms with E-state index in [9.17, 15) is 0 Å². The molecule has 1 aromatic rings. The highest BCUT2D eigenvalue weighted by Gasteiger charge is 2.25. The molecule has 2 aliphatic rings. The molecule has 0 saturated carbocycles. The maximum absolute atomic E-state index is 4.21. The average molecular weight is 292 g/mol. The molecule has 0 aromatic carbocycles. The van der Waals surface area contributed by atoms with Crippen LogP contribution < -0.4 is 0 Å². The van der Waals surface area contributed by atoms with Crippen molar-refractivity contribution in [2.24, 2.45) is 0 Å². The molecule has 118 valence electrons. The lowest BCUT2D eigenvalue weighted by molar-refractivity contribution is 0.211. The Kier molecular flexibility index (Phi) is 5.19. The molecule has 3 rings (SSSR count). The summed E-state index contributed by atoms with van der Waals surface area (Å²) in [6, 6.07) is 0.809. The number of aromatic nitrogens is 4. The lowest BCUT2D eigenvalue weighted by atomic mass is 10.1. The molecular weight excluding hydrogens is 264 g/mol. The van der Waals surface area contributed by atoms with Gasteiger partial charge in [-0.2, -0.15) is 0 Å². The van der Waals surface area contributed by atoms with Crippen LogP contribution in [0.1, 0.15) is 51.3 Å². The number of rotatable bonds is 5. The third-order valence-corrected chi connectivity index (χ3v) is 4.85. The van der Waals surface area contributed by atoms with E-state index in [-0.39, 0.29) is 0 Å². The van der Waals surface area contributed by atoms with E-state index in [1.165, 1.54) is 58.3 Å². The molecule has 2 saturated heterocycles. The van der Waals surface area contributed by atoms with Crippen molar-refractivity contribution in [3.05, 3.63) is 5.82 Å². The standard InChI is InChI=1S/C15H28N6/c1-2-8-21-15(16-17-18-21)13-19-9-5-6-14(7-12-19)20-10-3-4-11-20/h14H,2-13H2,1H3/t14-/m1/s1. The maximum Gasteiger partial charge on any atom is 0.165 e. The fourth-order valence-electron chi connectivity index (χ4n) is 3.69. The molecular formula is C15H28N6. The summed E-state index contributed by atoms with van der Waals surface area (Å²) in [5, 5.41) is 12.1. The molecule has 0 amide bonds. The first-order valence-corrected chi connectivity index (χ1v) is 8.58. The Labute approximate surface area is 127 Å². The Hall–Kier alpha value is -1.01. The molecule has 21 heavy (non-hydrogen) atoms. The number of aryl methyl sites for hydroxylation is 1. The highest BCUT2D eigenvalue weighted by Crippen LogP contribution is 2.21. The number of tetrazole rings is 1. The van der Waals surface area contributed by atoms with Crippen molar-refractivity contribution in [3.63, 3.8) is 0 Å². The van der Waals surface area contributed by atoms with Gasteiger partial charge in [-0.1, -0.05) is 6.92 Å². The van der Waals surface area contributed by atoms with Crippen molar-refractivity contribution in [1.29, 1.82) is 0 Å². The number of nitrogens with zero attached hydrogens (tertiary/aromatic N) is 6. The minimum absolute atomic E-state index is 0.809. The van der Waals surface area contributed by atoms with Gasteiger partial charge < -0.3 is 4.90 Å². The molecule has 1 atom stereocenters. The van der Waals surface area contributed by atoms with E-state index >= 15 is 0 Å². The van der Waals surface area contributed by atoms with Gasteiger partial charge in [-0.05, 0) is 68.6 Å². The van der Waals surface area contributed by atoms with Gasteiger partial charge in [0.25, 0.3) is 0 Å². The second-order valence-corrected chi connectivity index (χ2v) is 6.42. The summed E-state index contributed by atoms with van der Waals surface area (Å²) in [5.41, 5.74) is 0. The van der Waals surface area contributed by atoms with Gasteiger partial charge in [0.2, 0.25) is 0 Å². The van der Waals surface area contributed by atoms with E-state index in [0.29, 0.717) is 0 Å². The molecule has 3 heterocycles. The monoisotopic (exact) mass is 292 g/mol. The molecule has 0 N–H and O–H groups in total. The Morgan fingerprint density at radius 2 is 1.90 bits per heavy atom. The van der Waals surface area contributed by atoms with Gasteiger partial charge in [0.1, 0.15) is 0 Å². The molecule has 0 bridgehead atoms. The van der Waals surface area contributed by atoms with Gasteiger partial charge in [-0.3, -0.25) is 4.90 Å². The van der Waals surface area contributed by atoms with Gasteiger partial charge in [0.15, 0.2) is 5.82 Å². The fourth-order valence-corrected chi connectivity index (χ4v) is 3.69. The zero-order valence-corrected chi connectivity index (χ0v) is 13.2. The van der Waals surface area contributed by atoms with Crippen molar-refractivity contribution in [2.45, 2.75) is 64.6 Å². The predicted molar refractivity (Wildman–Crippen MR) is 81.8 cm³/mol. The van der Waals surface area contributed by atoms with Crippen LogP contribution in [-0.2, 0) is 13.1 Å². The molecule has 0 unspecified atom stereocenters. The van der Waals surface area contributed by atoms with Crippen LogP contribution >= 0.6 is 0 Å². The summed E-state index contributed by atoms with van der Waals surface area (Å²) in [6.07, 6.45) is 7.83. The maximum atomic E-state index is 4.21. The molecule has 6 nitrogen and oxygen atoms in total. The van der Waals surface area contributed by atoms with Crippen molar-refractivity contribution in [2.75, 3.05) is 26.2 Å². The molecule has 6 heteroatoms. The molecule has 0 aliphatic carbocycles. The summed E-state index contributed by atoms with van der Waals surface area (Å²) in [7, 11) is 0. The van der Waals surface area contributed by atoms with E-state index in [1.807, 2.05) is 4.68 Å². The van der Waals surface area contributed by atoms with E-state index in [4.69, 9.17) is 0 Å². The van der Waals surface area contributed by atoms with Crippen molar-refractivity contribution < 1.29 is 0 Å². The van der Waals surface area contributed by atoms with Crippen LogP contribution in [0.3, 0.4) is 0 Å². The topological polar surface area (TPSA) is 50.1 Å². The van der Waals surface area contributed by atoms with Gasteiger partial charge >= 0.3 is 0 Å². The Balaban J connectivity index is 1.53. The van der Waals surface area contributed by atoms with Gasteiger partial charge in [-0.25, -0.2) is 4.68 Å². The third kappa shape index (κ3) is 3.80. The SMILES string of the molecule is CCCn1nnnc1CN1CCC[C@@H](N2CCCC2)CC1. The minimum atomic E-state index is 0.809. The van der Waals surface area contributed by atoms with Crippen molar-refractivity contribution >= 4 is 0 Å². The summed E-state index contributed by atoms with van der Waals surface area (Å²) >= 11 is 0. The first-order chi connectivity index (χ1) is 10.4.